The van der Waals surface area contributed by atoms with E-state index in [0.29, 0.717) is 11.5 Å². The normalized spacial score (nSPS) is 11.6. The van der Waals surface area contributed by atoms with Crippen molar-refractivity contribution in [3.63, 3.8) is 0 Å². The molecule has 0 unspecified atom stereocenters. The van der Waals surface area contributed by atoms with Crippen LogP contribution in [-0.4, -0.2) is 26.6 Å². The summed E-state index contributed by atoms with van der Waals surface area (Å²) in [7, 11) is -3.53. The number of rotatable bonds is 5. The van der Waals surface area contributed by atoms with Crippen molar-refractivity contribution in [1.29, 1.82) is 0 Å². The molecule has 18 heavy (non-hydrogen) atoms. The number of carbonyl (C=O) groups excluding carboxylic acids is 1. The summed E-state index contributed by atoms with van der Waals surface area (Å²) in [6.07, 6.45) is 0. The van der Waals surface area contributed by atoms with Crippen molar-refractivity contribution < 1.29 is 13.2 Å². The van der Waals surface area contributed by atoms with Gasteiger partial charge in [-0.2, -0.15) is 0 Å². The van der Waals surface area contributed by atoms with Crippen LogP contribution in [0.5, 0.6) is 0 Å². The van der Waals surface area contributed by atoms with Gasteiger partial charge in [-0.05, 0) is 23.6 Å². The Labute approximate surface area is 107 Å². The number of carbonyl (C=O) groups is 1. The van der Waals surface area contributed by atoms with Crippen molar-refractivity contribution >= 4 is 15.9 Å². The molecule has 1 aromatic rings. The van der Waals surface area contributed by atoms with E-state index in [1.165, 1.54) is 0 Å². The first-order valence-corrected chi connectivity index (χ1v) is 7.40. The van der Waals surface area contributed by atoms with Gasteiger partial charge in [0.1, 0.15) is 0 Å². The zero-order valence-electron chi connectivity index (χ0n) is 10.5. The quantitative estimate of drug-likeness (QED) is 0.830. The van der Waals surface area contributed by atoms with Gasteiger partial charge in [-0.3, -0.25) is 4.79 Å². The largest absolute Gasteiger partial charge is 0.351 e. The van der Waals surface area contributed by atoms with Crippen molar-refractivity contribution in [1.82, 2.24) is 5.32 Å². The molecule has 0 saturated carbocycles. The Morgan fingerprint density at radius 3 is 2.28 bits per heavy atom. The third-order valence-corrected chi connectivity index (χ3v) is 3.28. The maximum Gasteiger partial charge on any atom is 0.251 e. The predicted octanol–water partition coefficient (Wildman–Crippen LogP) is 0.828. The smallest absolute Gasteiger partial charge is 0.251 e. The number of nitrogens with one attached hydrogen (secondary N) is 1. The number of hydrogen-bond acceptors (Lipinski definition) is 3. The second-order valence-corrected chi connectivity index (χ2v) is 6.13. The summed E-state index contributed by atoms with van der Waals surface area (Å²) in [5, 5.41) is 7.34. The van der Waals surface area contributed by atoms with E-state index in [4.69, 9.17) is 5.14 Å². The van der Waals surface area contributed by atoms with Crippen LogP contribution in [-0.2, 0) is 10.0 Å². The number of nitrogens with two attached hydrogens (primary N) is 1. The predicted molar refractivity (Wildman–Crippen MR) is 70.8 cm³/mol. The molecule has 0 aliphatic carbocycles. The lowest BCUT2D eigenvalue weighted by Crippen LogP contribution is -2.31. The first-order chi connectivity index (χ1) is 8.29. The van der Waals surface area contributed by atoms with E-state index in [9.17, 15) is 13.2 Å². The molecule has 0 radical (unpaired) electrons. The van der Waals surface area contributed by atoms with Crippen LogP contribution in [0.15, 0.2) is 24.3 Å². The van der Waals surface area contributed by atoms with Crippen molar-refractivity contribution in [3.05, 3.63) is 35.4 Å². The summed E-state index contributed by atoms with van der Waals surface area (Å²) in [4.78, 5) is 11.7. The van der Waals surface area contributed by atoms with E-state index >= 15 is 0 Å². The summed E-state index contributed by atoms with van der Waals surface area (Å²) < 4.78 is 21.4. The molecule has 0 saturated heterocycles. The van der Waals surface area contributed by atoms with E-state index in [2.05, 4.69) is 19.2 Å². The minimum absolute atomic E-state index is 0.0175. The minimum Gasteiger partial charge on any atom is -0.351 e. The topological polar surface area (TPSA) is 89.3 Å². The van der Waals surface area contributed by atoms with Crippen LogP contribution in [0.2, 0.25) is 0 Å². The van der Waals surface area contributed by atoms with E-state index in [-0.39, 0.29) is 18.2 Å². The molecule has 0 heterocycles. The summed E-state index contributed by atoms with van der Waals surface area (Å²) in [5.74, 6) is -0.151. The SMILES string of the molecule is CC(C)c1ccc(C(=O)NCCS(N)(=O)=O)cc1. The van der Waals surface area contributed by atoms with Gasteiger partial charge < -0.3 is 5.32 Å². The lowest BCUT2D eigenvalue weighted by molar-refractivity contribution is 0.0956. The molecule has 0 atom stereocenters. The van der Waals surface area contributed by atoms with Crippen molar-refractivity contribution in [2.75, 3.05) is 12.3 Å². The highest BCUT2D eigenvalue weighted by molar-refractivity contribution is 7.89. The summed E-state index contributed by atoms with van der Waals surface area (Å²) in [6.45, 7) is 4.16. The molecule has 6 heteroatoms. The van der Waals surface area contributed by atoms with E-state index < -0.39 is 10.0 Å². The third-order valence-electron chi connectivity index (χ3n) is 2.51. The van der Waals surface area contributed by atoms with Gasteiger partial charge in [0, 0.05) is 12.1 Å². The number of amides is 1. The standard InChI is InChI=1S/C12H18N2O3S/c1-9(2)10-3-5-11(6-4-10)12(15)14-7-8-18(13,16)17/h3-6,9H,7-8H2,1-2H3,(H,14,15)(H2,13,16,17). The van der Waals surface area contributed by atoms with E-state index in [1.54, 1.807) is 12.1 Å². The Bertz CT molecular complexity index is 507. The molecule has 0 aliphatic rings. The molecule has 0 spiro atoms. The van der Waals surface area contributed by atoms with Crippen LogP contribution in [0, 0.1) is 0 Å². The number of benzene rings is 1. The van der Waals surface area contributed by atoms with Gasteiger partial charge in [0.2, 0.25) is 10.0 Å². The Morgan fingerprint density at radius 2 is 1.83 bits per heavy atom. The van der Waals surface area contributed by atoms with Gasteiger partial charge >= 0.3 is 0 Å². The second-order valence-electron chi connectivity index (χ2n) is 4.40. The van der Waals surface area contributed by atoms with Crippen molar-refractivity contribution in [3.8, 4) is 0 Å². The van der Waals surface area contributed by atoms with Crippen LogP contribution < -0.4 is 10.5 Å². The molecule has 5 nitrogen and oxygen atoms in total. The summed E-state index contributed by atoms with van der Waals surface area (Å²) in [6, 6.07) is 7.22. The average molecular weight is 270 g/mol. The van der Waals surface area contributed by atoms with E-state index in [0.717, 1.165) is 5.56 Å². The molecule has 0 aliphatic heterocycles. The second kappa shape index (κ2) is 5.97. The Hall–Kier alpha value is -1.40. The molecule has 0 bridgehead atoms. The van der Waals surface area contributed by atoms with Crippen LogP contribution in [0.1, 0.15) is 35.7 Å². The number of sulfonamides is 1. The summed E-state index contributed by atoms with van der Waals surface area (Å²) >= 11 is 0. The molecule has 3 N–H and O–H groups in total. The highest BCUT2D eigenvalue weighted by atomic mass is 32.2. The molecule has 1 rings (SSSR count). The Kier molecular flexibility index (Phi) is 4.86. The zero-order chi connectivity index (χ0) is 13.8. The van der Waals surface area contributed by atoms with Gasteiger partial charge in [-0.15, -0.1) is 0 Å². The minimum atomic E-state index is -3.53. The monoisotopic (exact) mass is 270 g/mol. The molecule has 0 fully saturated rings. The van der Waals surface area contributed by atoms with Gasteiger partial charge in [0.05, 0.1) is 5.75 Å². The van der Waals surface area contributed by atoms with Gasteiger partial charge in [-0.25, -0.2) is 13.6 Å². The first-order valence-electron chi connectivity index (χ1n) is 5.68. The molecule has 100 valence electrons. The Morgan fingerprint density at radius 1 is 1.28 bits per heavy atom. The number of primary sulfonamides is 1. The lowest BCUT2D eigenvalue weighted by Gasteiger charge is -2.07. The summed E-state index contributed by atoms with van der Waals surface area (Å²) in [5.41, 5.74) is 1.66. The Balaban J connectivity index is 2.57. The number of hydrogen-bond donors (Lipinski definition) is 2. The van der Waals surface area contributed by atoms with Gasteiger partial charge in [0.25, 0.3) is 5.91 Å². The highest BCUT2D eigenvalue weighted by Gasteiger charge is 2.08. The molecule has 1 aromatic carbocycles. The molecular formula is C12H18N2O3S. The van der Waals surface area contributed by atoms with Gasteiger partial charge in [-0.1, -0.05) is 26.0 Å². The first kappa shape index (κ1) is 14.7. The fourth-order valence-corrected chi connectivity index (χ4v) is 1.81. The third kappa shape index (κ3) is 4.85. The van der Waals surface area contributed by atoms with Crippen LogP contribution >= 0.6 is 0 Å². The van der Waals surface area contributed by atoms with Crippen LogP contribution in [0.4, 0.5) is 0 Å². The maximum absolute atomic E-state index is 11.7. The highest BCUT2D eigenvalue weighted by Crippen LogP contribution is 2.14. The van der Waals surface area contributed by atoms with Crippen molar-refractivity contribution in [2.45, 2.75) is 19.8 Å². The van der Waals surface area contributed by atoms with Gasteiger partial charge in [0.15, 0.2) is 0 Å². The molecular weight excluding hydrogens is 252 g/mol. The fourth-order valence-electron chi connectivity index (χ4n) is 1.43. The maximum atomic E-state index is 11.7. The zero-order valence-corrected chi connectivity index (χ0v) is 11.3. The van der Waals surface area contributed by atoms with Crippen LogP contribution in [0.25, 0.3) is 0 Å². The molecule has 1 amide bonds. The van der Waals surface area contributed by atoms with Crippen LogP contribution in [0.3, 0.4) is 0 Å². The molecule has 0 aromatic heterocycles. The fraction of sp³-hybridized carbons (Fsp3) is 0.417. The van der Waals surface area contributed by atoms with E-state index in [1.807, 2.05) is 12.1 Å². The van der Waals surface area contributed by atoms with Crippen molar-refractivity contribution in [2.24, 2.45) is 5.14 Å². The lowest BCUT2D eigenvalue weighted by atomic mass is 10.0. The average Bonchev–Trinajstić information content (AvgIpc) is 2.27.